The van der Waals surface area contributed by atoms with Crippen molar-refractivity contribution in [2.45, 2.75) is 26.8 Å². The van der Waals surface area contributed by atoms with E-state index >= 15 is 0 Å². The first kappa shape index (κ1) is 15.9. The van der Waals surface area contributed by atoms with Gasteiger partial charge in [-0.2, -0.15) is 5.10 Å². The fraction of sp³-hybridized carbons (Fsp3) is 0.294. The van der Waals surface area contributed by atoms with Gasteiger partial charge in [0.2, 0.25) is 0 Å². The average Bonchev–Trinajstić information content (AvgIpc) is 3.08. The number of carbonyl (C=O) groups is 1. The van der Waals surface area contributed by atoms with Crippen molar-refractivity contribution in [1.82, 2.24) is 20.1 Å². The number of rotatable bonds is 4. The fourth-order valence-electron chi connectivity index (χ4n) is 2.39. The van der Waals surface area contributed by atoms with Crippen molar-refractivity contribution in [2.75, 3.05) is 6.54 Å². The maximum Gasteiger partial charge on any atom is 0.287 e. The first-order valence-corrected chi connectivity index (χ1v) is 7.63. The summed E-state index contributed by atoms with van der Waals surface area (Å²) in [6, 6.07) is 4.73. The van der Waals surface area contributed by atoms with Gasteiger partial charge in [-0.05, 0) is 44.0 Å². The van der Waals surface area contributed by atoms with Crippen LogP contribution in [0.5, 0.6) is 0 Å². The summed E-state index contributed by atoms with van der Waals surface area (Å²) >= 11 is 0. The largest absolute Gasteiger partial charge is 0.451 e. The molecular weight excluding hydrogens is 308 g/mol. The molecule has 7 heteroatoms. The van der Waals surface area contributed by atoms with E-state index in [-0.39, 0.29) is 17.2 Å². The van der Waals surface area contributed by atoms with Crippen molar-refractivity contribution in [3.63, 3.8) is 0 Å². The average molecular weight is 326 g/mol. The molecule has 0 aliphatic carbocycles. The van der Waals surface area contributed by atoms with Gasteiger partial charge in [-0.15, -0.1) is 0 Å². The van der Waals surface area contributed by atoms with Crippen LogP contribution in [-0.4, -0.2) is 27.2 Å². The molecule has 0 bridgehead atoms. The summed E-state index contributed by atoms with van der Waals surface area (Å²) < 4.78 is 7.26. The molecule has 2 aromatic heterocycles. The third-order valence-corrected chi connectivity index (χ3v) is 4.01. The Labute approximate surface area is 138 Å². The summed E-state index contributed by atoms with van der Waals surface area (Å²) in [5.41, 5.74) is 2.20. The molecule has 0 spiro atoms. The summed E-state index contributed by atoms with van der Waals surface area (Å²) in [7, 11) is 0. The van der Waals surface area contributed by atoms with Crippen LogP contribution >= 0.6 is 0 Å². The number of hydrogen-bond donors (Lipinski definition) is 1. The van der Waals surface area contributed by atoms with Gasteiger partial charge in [-0.1, -0.05) is 0 Å². The number of fused-ring (bicyclic) bond motifs is 1. The molecule has 2 heterocycles. The van der Waals surface area contributed by atoms with E-state index in [1.807, 2.05) is 20.8 Å². The Morgan fingerprint density at radius 1 is 1.29 bits per heavy atom. The molecule has 3 rings (SSSR count). The van der Waals surface area contributed by atoms with Gasteiger partial charge in [0.25, 0.3) is 5.91 Å². The normalized spacial score (nSPS) is 12.3. The van der Waals surface area contributed by atoms with Gasteiger partial charge in [0.1, 0.15) is 18.2 Å². The molecule has 0 unspecified atom stereocenters. The van der Waals surface area contributed by atoms with Gasteiger partial charge in [0.05, 0.1) is 11.4 Å². The van der Waals surface area contributed by atoms with Crippen molar-refractivity contribution in [1.29, 1.82) is 0 Å². The quantitative estimate of drug-likeness (QED) is 0.792. The maximum atomic E-state index is 12.3. The first-order valence-electron chi connectivity index (χ1n) is 7.63. The van der Waals surface area contributed by atoms with Crippen LogP contribution in [0.4, 0.5) is 0 Å². The van der Waals surface area contributed by atoms with Gasteiger partial charge in [-0.3, -0.25) is 9.59 Å². The molecule has 124 valence electrons. The number of aromatic nitrogens is 3. The molecule has 0 radical (unpaired) electrons. The number of carbonyl (C=O) groups excluding carboxylic acids is 1. The van der Waals surface area contributed by atoms with E-state index in [0.29, 0.717) is 17.5 Å². The third kappa shape index (κ3) is 3.05. The zero-order chi connectivity index (χ0) is 17.3. The summed E-state index contributed by atoms with van der Waals surface area (Å²) in [5, 5.41) is 7.24. The predicted octanol–water partition coefficient (Wildman–Crippen LogP) is 1.99. The van der Waals surface area contributed by atoms with E-state index in [1.165, 1.54) is 12.4 Å². The van der Waals surface area contributed by atoms with E-state index < -0.39 is 5.91 Å². The number of hydrogen-bond acceptors (Lipinski definition) is 5. The lowest BCUT2D eigenvalue weighted by molar-refractivity contribution is 0.0920. The highest BCUT2D eigenvalue weighted by Crippen LogP contribution is 2.18. The summed E-state index contributed by atoms with van der Waals surface area (Å²) in [6.07, 6.45) is 3.02. The van der Waals surface area contributed by atoms with Crippen molar-refractivity contribution in [2.24, 2.45) is 0 Å². The van der Waals surface area contributed by atoms with Crippen LogP contribution in [0.15, 0.2) is 40.1 Å². The first-order chi connectivity index (χ1) is 11.5. The third-order valence-electron chi connectivity index (χ3n) is 4.01. The van der Waals surface area contributed by atoms with Crippen LogP contribution in [-0.2, 0) is 0 Å². The van der Waals surface area contributed by atoms with Crippen LogP contribution in [0.1, 0.15) is 34.6 Å². The number of aryl methyl sites for hydroxylation is 2. The van der Waals surface area contributed by atoms with Gasteiger partial charge in [0.15, 0.2) is 11.2 Å². The van der Waals surface area contributed by atoms with Gasteiger partial charge < -0.3 is 9.73 Å². The zero-order valence-electron chi connectivity index (χ0n) is 13.7. The molecule has 1 atom stereocenters. The second-order valence-corrected chi connectivity index (χ2v) is 5.84. The van der Waals surface area contributed by atoms with E-state index in [4.69, 9.17) is 4.42 Å². The maximum absolute atomic E-state index is 12.3. The minimum absolute atomic E-state index is 0.00143. The highest BCUT2D eigenvalue weighted by atomic mass is 16.3. The Balaban J connectivity index is 1.82. The lowest BCUT2D eigenvalue weighted by Crippen LogP contribution is -2.30. The van der Waals surface area contributed by atoms with E-state index in [9.17, 15) is 9.59 Å². The molecule has 0 fully saturated rings. The molecule has 1 aromatic carbocycles. The Hall–Kier alpha value is -2.96. The van der Waals surface area contributed by atoms with Gasteiger partial charge in [0, 0.05) is 12.6 Å². The van der Waals surface area contributed by atoms with Crippen LogP contribution < -0.4 is 10.7 Å². The molecule has 0 saturated carbocycles. The Kier molecular flexibility index (Phi) is 4.16. The summed E-state index contributed by atoms with van der Waals surface area (Å²) in [4.78, 5) is 28.4. The second kappa shape index (κ2) is 6.27. The molecule has 24 heavy (non-hydrogen) atoms. The number of benzene rings is 1. The highest BCUT2D eigenvalue weighted by molar-refractivity contribution is 5.93. The Bertz CT molecular complexity index is 944. The molecule has 3 aromatic rings. The van der Waals surface area contributed by atoms with E-state index in [1.54, 1.807) is 23.1 Å². The van der Waals surface area contributed by atoms with Crippen molar-refractivity contribution in [3.05, 3.63) is 58.0 Å². The van der Waals surface area contributed by atoms with Crippen LogP contribution in [0.2, 0.25) is 0 Å². The lowest BCUT2D eigenvalue weighted by atomic mass is 10.1. The minimum atomic E-state index is -0.431. The van der Waals surface area contributed by atoms with Crippen molar-refractivity contribution >= 4 is 16.9 Å². The minimum Gasteiger partial charge on any atom is -0.451 e. The number of nitrogens with zero attached hydrogens (tertiary/aromatic N) is 3. The van der Waals surface area contributed by atoms with Crippen LogP contribution in [0.3, 0.4) is 0 Å². The lowest BCUT2D eigenvalue weighted by Gasteiger charge is -2.12. The molecule has 1 N–H and O–H groups in total. The van der Waals surface area contributed by atoms with Crippen LogP contribution in [0.25, 0.3) is 11.0 Å². The van der Waals surface area contributed by atoms with E-state index in [2.05, 4.69) is 15.4 Å². The van der Waals surface area contributed by atoms with Gasteiger partial charge >= 0.3 is 0 Å². The van der Waals surface area contributed by atoms with E-state index in [0.717, 1.165) is 11.1 Å². The topological polar surface area (TPSA) is 90.0 Å². The molecule has 7 nitrogen and oxygen atoms in total. The van der Waals surface area contributed by atoms with Gasteiger partial charge in [-0.25, -0.2) is 9.67 Å². The summed E-state index contributed by atoms with van der Waals surface area (Å²) in [6.45, 7) is 6.11. The standard InChI is InChI=1S/C17H18N4O3/c1-10-4-13-14(22)6-16(24-15(13)5-11(10)2)17(23)19-7-12(3)21-9-18-8-20-21/h4-6,8-9,12H,7H2,1-3H3,(H,19,23)/t12-/m0/s1. The van der Waals surface area contributed by atoms with Crippen molar-refractivity contribution < 1.29 is 9.21 Å². The summed E-state index contributed by atoms with van der Waals surface area (Å²) in [5.74, 6) is -0.430. The fourth-order valence-corrected chi connectivity index (χ4v) is 2.39. The Morgan fingerprint density at radius 3 is 2.75 bits per heavy atom. The van der Waals surface area contributed by atoms with Crippen LogP contribution in [0, 0.1) is 13.8 Å². The monoisotopic (exact) mass is 326 g/mol. The molecule has 0 aliphatic heterocycles. The molecular formula is C17H18N4O3. The number of amides is 1. The Morgan fingerprint density at radius 2 is 2.04 bits per heavy atom. The smallest absolute Gasteiger partial charge is 0.287 e. The molecule has 1 amide bonds. The molecule has 0 aliphatic rings. The zero-order valence-corrected chi connectivity index (χ0v) is 13.7. The second-order valence-electron chi connectivity index (χ2n) is 5.84. The number of nitrogens with one attached hydrogen (secondary N) is 1. The highest BCUT2D eigenvalue weighted by Gasteiger charge is 2.14. The SMILES string of the molecule is Cc1cc2oc(C(=O)NC[C@H](C)n3cncn3)cc(=O)c2cc1C. The predicted molar refractivity (Wildman–Crippen MR) is 89.0 cm³/mol. The van der Waals surface area contributed by atoms with Crippen molar-refractivity contribution in [3.8, 4) is 0 Å². The molecule has 0 saturated heterocycles.